The number of hydrogen-bond acceptors (Lipinski definition) is 3. The normalized spacial score (nSPS) is 11.9. The minimum absolute atomic E-state index is 0.284. The maximum absolute atomic E-state index is 12.2. The summed E-state index contributed by atoms with van der Waals surface area (Å²) in [7, 11) is 0. The van der Waals surface area contributed by atoms with Gasteiger partial charge in [-0.3, -0.25) is 9.59 Å². The third kappa shape index (κ3) is 5.00. The van der Waals surface area contributed by atoms with Gasteiger partial charge in [-0.05, 0) is 49.4 Å². The molecule has 0 fully saturated rings. The van der Waals surface area contributed by atoms with Crippen LogP contribution < -0.4 is 5.32 Å². The Morgan fingerprint density at radius 2 is 1.82 bits per heavy atom. The van der Waals surface area contributed by atoms with Crippen LogP contribution in [0.25, 0.3) is 10.9 Å². The van der Waals surface area contributed by atoms with E-state index in [1.165, 1.54) is 10.9 Å². The van der Waals surface area contributed by atoms with E-state index in [0.29, 0.717) is 13.0 Å². The number of ether oxygens (including phenoxy) is 1. The quantitative estimate of drug-likeness (QED) is 0.581. The van der Waals surface area contributed by atoms with Crippen molar-refractivity contribution < 1.29 is 14.3 Å². The Bertz CT molecular complexity index is 961. The summed E-state index contributed by atoms with van der Waals surface area (Å²) in [6.07, 6.45) is 2.93. The summed E-state index contributed by atoms with van der Waals surface area (Å²) in [5, 5.41) is 4.00. The van der Waals surface area contributed by atoms with Crippen molar-refractivity contribution in [2.75, 3.05) is 0 Å². The van der Waals surface area contributed by atoms with Gasteiger partial charge < -0.3 is 15.0 Å². The molecule has 0 saturated carbocycles. The van der Waals surface area contributed by atoms with Crippen molar-refractivity contribution in [1.29, 1.82) is 0 Å². The van der Waals surface area contributed by atoms with Gasteiger partial charge in [-0.15, -0.1) is 0 Å². The van der Waals surface area contributed by atoms with Gasteiger partial charge in [0, 0.05) is 30.1 Å². The van der Waals surface area contributed by atoms with E-state index in [4.69, 9.17) is 4.74 Å². The summed E-state index contributed by atoms with van der Waals surface area (Å²) in [4.78, 5) is 27.5. The molecule has 0 aliphatic heterocycles. The van der Waals surface area contributed by atoms with E-state index in [1.54, 1.807) is 6.92 Å². The lowest BCUT2D eigenvalue weighted by Gasteiger charge is -2.14. The predicted molar refractivity (Wildman–Crippen MR) is 110 cm³/mol. The first kappa shape index (κ1) is 19.7. The number of aryl methyl sites for hydroxylation is 2. The van der Waals surface area contributed by atoms with E-state index >= 15 is 0 Å². The summed E-state index contributed by atoms with van der Waals surface area (Å²) >= 11 is 0. The van der Waals surface area contributed by atoms with Crippen LogP contribution in [0, 0.1) is 6.92 Å². The zero-order chi connectivity index (χ0) is 19.9. The van der Waals surface area contributed by atoms with Crippen LogP contribution in [-0.2, 0) is 27.3 Å². The molecule has 1 unspecified atom stereocenters. The lowest BCUT2D eigenvalue weighted by molar-refractivity contribution is -0.154. The van der Waals surface area contributed by atoms with Gasteiger partial charge in [-0.2, -0.15) is 0 Å². The van der Waals surface area contributed by atoms with Crippen LogP contribution in [0.2, 0.25) is 0 Å². The largest absolute Gasteiger partial charge is 0.453 e. The molecule has 0 aliphatic rings. The Hall–Kier alpha value is -3.08. The molecule has 0 aliphatic carbocycles. The summed E-state index contributed by atoms with van der Waals surface area (Å²) < 4.78 is 5.28. The molecule has 5 nitrogen and oxygen atoms in total. The van der Waals surface area contributed by atoms with Gasteiger partial charge in [0.15, 0.2) is 6.10 Å². The van der Waals surface area contributed by atoms with Crippen molar-refractivity contribution in [3.8, 4) is 0 Å². The zero-order valence-corrected chi connectivity index (χ0v) is 16.3. The van der Waals surface area contributed by atoms with Gasteiger partial charge in [-0.1, -0.05) is 42.5 Å². The van der Waals surface area contributed by atoms with E-state index in [-0.39, 0.29) is 18.3 Å². The first-order chi connectivity index (χ1) is 13.5. The third-order valence-electron chi connectivity index (χ3n) is 4.89. The number of hydrogen-bond donors (Lipinski definition) is 2. The maximum Gasteiger partial charge on any atom is 0.306 e. The van der Waals surface area contributed by atoms with Crippen LogP contribution in [0.4, 0.5) is 0 Å². The molecule has 1 atom stereocenters. The molecule has 1 heterocycles. The standard InChI is InChI=1S/C23H26N2O3/c1-16-8-3-4-9-18(16)14-25-23(27)17(2)28-22(26)13-7-10-19-15-24-21-12-6-5-11-20(19)21/h3-6,8-9,11-12,15,17,24H,7,10,13-14H2,1-2H3,(H,25,27). The van der Waals surface area contributed by atoms with Crippen LogP contribution >= 0.6 is 0 Å². The Labute approximate surface area is 165 Å². The second-order valence-corrected chi connectivity index (χ2v) is 6.99. The first-order valence-electron chi connectivity index (χ1n) is 9.61. The van der Waals surface area contributed by atoms with Gasteiger partial charge in [0.2, 0.25) is 0 Å². The van der Waals surface area contributed by atoms with Gasteiger partial charge in [0.05, 0.1) is 0 Å². The van der Waals surface area contributed by atoms with Crippen LogP contribution in [0.15, 0.2) is 54.7 Å². The summed E-state index contributed by atoms with van der Waals surface area (Å²) in [5.41, 5.74) is 4.45. The molecule has 0 bridgehead atoms. The van der Waals surface area contributed by atoms with Crippen LogP contribution in [0.5, 0.6) is 0 Å². The number of fused-ring (bicyclic) bond motifs is 1. The molecule has 0 saturated heterocycles. The Morgan fingerprint density at radius 1 is 1.07 bits per heavy atom. The highest BCUT2D eigenvalue weighted by atomic mass is 16.5. The van der Waals surface area contributed by atoms with Crippen LogP contribution in [0.3, 0.4) is 0 Å². The van der Waals surface area contributed by atoms with Gasteiger partial charge in [-0.25, -0.2) is 0 Å². The molecule has 146 valence electrons. The molecule has 1 aromatic heterocycles. The molecule has 28 heavy (non-hydrogen) atoms. The van der Waals surface area contributed by atoms with Crippen molar-refractivity contribution in [2.24, 2.45) is 0 Å². The molecular weight excluding hydrogens is 352 g/mol. The summed E-state index contributed by atoms with van der Waals surface area (Å²) in [5.74, 6) is -0.633. The van der Waals surface area contributed by atoms with E-state index in [0.717, 1.165) is 23.1 Å². The number of carbonyl (C=O) groups excluding carboxylic acids is 2. The average Bonchev–Trinajstić information content (AvgIpc) is 3.10. The fourth-order valence-corrected chi connectivity index (χ4v) is 3.21. The molecule has 3 aromatic rings. The molecule has 3 rings (SSSR count). The number of aromatic amines is 1. The SMILES string of the molecule is Cc1ccccc1CNC(=O)C(C)OC(=O)CCCc1c[nH]c2ccccc12. The smallest absolute Gasteiger partial charge is 0.306 e. The number of aromatic nitrogens is 1. The van der Waals surface area contributed by atoms with Crippen molar-refractivity contribution in [3.63, 3.8) is 0 Å². The number of amides is 1. The molecule has 1 amide bonds. The second kappa shape index (κ2) is 9.22. The van der Waals surface area contributed by atoms with E-state index < -0.39 is 6.10 Å². The number of carbonyl (C=O) groups is 2. The predicted octanol–water partition coefficient (Wildman–Crippen LogP) is 4.05. The number of benzene rings is 2. The molecule has 0 radical (unpaired) electrons. The van der Waals surface area contributed by atoms with Crippen molar-refractivity contribution in [2.45, 2.75) is 45.8 Å². The molecule has 2 aromatic carbocycles. The highest BCUT2D eigenvalue weighted by Crippen LogP contribution is 2.19. The lowest BCUT2D eigenvalue weighted by atomic mass is 10.1. The zero-order valence-electron chi connectivity index (χ0n) is 16.3. The highest BCUT2D eigenvalue weighted by molar-refractivity contribution is 5.84. The van der Waals surface area contributed by atoms with Crippen LogP contribution in [0.1, 0.15) is 36.5 Å². The van der Waals surface area contributed by atoms with Gasteiger partial charge >= 0.3 is 5.97 Å². The summed E-state index contributed by atoms with van der Waals surface area (Å²) in [6, 6.07) is 16.0. The Kier molecular flexibility index (Phi) is 6.48. The third-order valence-corrected chi connectivity index (χ3v) is 4.89. The molecular formula is C23H26N2O3. The molecule has 5 heteroatoms. The average molecular weight is 378 g/mol. The van der Waals surface area contributed by atoms with Gasteiger partial charge in [0.1, 0.15) is 0 Å². The highest BCUT2D eigenvalue weighted by Gasteiger charge is 2.17. The number of H-pyrrole nitrogens is 1. The number of para-hydroxylation sites is 1. The van der Waals surface area contributed by atoms with Gasteiger partial charge in [0.25, 0.3) is 5.91 Å². The van der Waals surface area contributed by atoms with Crippen molar-refractivity contribution in [1.82, 2.24) is 10.3 Å². The fourth-order valence-electron chi connectivity index (χ4n) is 3.21. The van der Waals surface area contributed by atoms with Crippen molar-refractivity contribution in [3.05, 3.63) is 71.4 Å². The minimum atomic E-state index is -0.801. The number of esters is 1. The summed E-state index contributed by atoms with van der Waals surface area (Å²) in [6.45, 7) is 4.03. The monoisotopic (exact) mass is 378 g/mol. The fraction of sp³-hybridized carbons (Fsp3) is 0.304. The maximum atomic E-state index is 12.2. The molecule has 2 N–H and O–H groups in total. The molecule has 0 spiro atoms. The van der Waals surface area contributed by atoms with Crippen LogP contribution in [-0.4, -0.2) is 23.0 Å². The Morgan fingerprint density at radius 3 is 2.64 bits per heavy atom. The number of nitrogens with one attached hydrogen (secondary N) is 2. The van der Waals surface area contributed by atoms with E-state index in [1.807, 2.05) is 55.6 Å². The Balaban J connectivity index is 1.41. The second-order valence-electron chi connectivity index (χ2n) is 6.99. The van der Waals surface area contributed by atoms with E-state index in [2.05, 4.69) is 16.4 Å². The van der Waals surface area contributed by atoms with Crippen molar-refractivity contribution >= 4 is 22.8 Å². The van der Waals surface area contributed by atoms with E-state index in [9.17, 15) is 9.59 Å². The first-order valence-corrected chi connectivity index (χ1v) is 9.61. The minimum Gasteiger partial charge on any atom is -0.453 e. The lowest BCUT2D eigenvalue weighted by Crippen LogP contribution is -2.35. The number of rotatable bonds is 8. The topological polar surface area (TPSA) is 71.2 Å².